The van der Waals surface area contributed by atoms with E-state index in [-0.39, 0.29) is 10.9 Å². The smallest absolute Gasteiger partial charge is 0.279 e. The van der Waals surface area contributed by atoms with E-state index in [1.807, 2.05) is 36.7 Å². The molecule has 3 aromatic carbocycles. The molecule has 1 saturated heterocycles. The second-order valence-electron chi connectivity index (χ2n) is 8.48. The van der Waals surface area contributed by atoms with Gasteiger partial charge in [0.25, 0.3) is 5.91 Å². The van der Waals surface area contributed by atoms with Crippen LogP contribution < -0.4 is 4.80 Å². The van der Waals surface area contributed by atoms with Crippen molar-refractivity contribution in [1.29, 1.82) is 0 Å². The van der Waals surface area contributed by atoms with Crippen LogP contribution in [-0.4, -0.2) is 35.8 Å². The molecule has 0 saturated carbocycles. The number of carbonyl (C=O) groups is 1. The van der Waals surface area contributed by atoms with Crippen molar-refractivity contribution in [2.45, 2.75) is 37.1 Å². The molecule has 1 aliphatic rings. The zero-order chi connectivity index (χ0) is 23.2. The van der Waals surface area contributed by atoms with Crippen molar-refractivity contribution in [3.05, 3.63) is 71.0 Å². The average molecular weight is 480 g/mol. The number of rotatable bonds is 3. The molecule has 2 heterocycles. The Balaban J connectivity index is 1.47. The number of aromatic nitrogens is 1. The first kappa shape index (κ1) is 22.0. The zero-order valence-corrected chi connectivity index (χ0v) is 20.2. The van der Waals surface area contributed by atoms with Gasteiger partial charge in [0.2, 0.25) is 10.0 Å². The average Bonchev–Trinajstić information content (AvgIpc) is 3.14. The molecule has 1 unspecified atom stereocenters. The molecular formula is C25H25N3O3S2. The van der Waals surface area contributed by atoms with Crippen molar-refractivity contribution in [2.24, 2.45) is 12.0 Å². The number of piperidine rings is 1. The maximum absolute atomic E-state index is 13.0. The summed E-state index contributed by atoms with van der Waals surface area (Å²) < 4.78 is 30.6. The molecule has 0 N–H and O–H groups in total. The van der Waals surface area contributed by atoms with E-state index in [0.717, 1.165) is 40.3 Å². The summed E-state index contributed by atoms with van der Waals surface area (Å²) in [6.07, 6.45) is 2.80. The molecular weight excluding hydrogens is 454 g/mol. The summed E-state index contributed by atoms with van der Waals surface area (Å²) in [6, 6.07) is 18.4. The first-order valence-corrected chi connectivity index (χ1v) is 13.3. The van der Waals surface area contributed by atoms with Gasteiger partial charge in [0.15, 0.2) is 4.80 Å². The van der Waals surface area contributed by atoms with Crippen LogP contribution in [0.25, 0.3) is 21.0 Å². The molecule has 1 amide bonds. The van der Waals surface area contributed by atoms with Crippen LogP contribution in [0.5, 0.6) is 0 Å². The Hall–Kier alpha value is -2.81. The Labute approximate surface area is 196 Å². The summed E-state index contributed by atoms with van der Waals surface area (Å²) >= 11 is 1.46. The maximum Gasteiger partial charge on any atom is 0.279 e. The lowest BCUT2D eigenvalue weighted by Gasteiger charge is -2.32. The highest BCUT2D eigenvalue weighted by Crippen LogP contribution is 2.27. The molecule has 33 heavy (non-hydrogen) atoms. The summed E-state index contributed by atoms with van der Waals surface area (Å²) in [6.45, 7) is 2.48. The first-order chi connectivity index (χ1) is 15.9. The molecule has 1 aliphatic heterocycles. The van der Waals surface area contributed by atoms with E-state index in [4.69, 9.17) is 0 Å². The molecule has 6 nitrogen and oxygen atoms in total. The number of hydrogen-bond donors (Lipinski definition) is 0. The van der Waals surface area contributed by atoms with Crippen LogP contribution >= 0.6 is 11.3 Å². The molecule has 4 aromatic rings. The monoisotopic (exact) mass is 479 g/mol. The van der Waals surface area contributed by atoms with E-state index in [1.165, 1.54) is 23.5 Å². The molecule has 1 aromatic heterocycles. The summed E-state index contributed by atoms with van der Waals surface area (Å²) in [5, 5.41) is 2.25. The minimum absolute atomic E-state index is 0.0101. The zero-order valence-electron chi connectivity index (χ0n) is 18.6. The lowest BCUT2D eigenvalue weighted by molar-refractivity contribution is 0.0998. The van der Waals surface area contributed by atoms with Crippen molar-refractivity contribution in [2.75, 3.05) is 6.54 Å². The minimum Gasteiger partial charge on any atom is -0.319 e. The van der Waals surface area contributed by atoms with E-state index in [9.17, 15) is 13.2 Å². The van der Waals surface area contributed by atoms with Gasteiger partial charge in [0.1, 0.15) is 0 Å². The van der Waals surface area contributed by atoms with Gasteiger partial charge in [0.05, 0.1) is 15.1 Å². The molecule has 1 atom stereocenters. The molecule has 5 rings (SSSR count). The van der Waals surface area contributed by atoms with Crippen LogP contribution in [0.3, 0.4) is 0 Å². The van der Waals surface area contributed by atoms with Crippen LogP contribution in [0.15, 0.2) is 70.6 Å². The lowest BCUT2D eigenvalue weighted by Crippen LogP contribution is -2.41. The Bertz CT molecular complexity index is 1530. The van der Waals surface area contributed by atoms with Gasteiger partial charge >= 0.3 is 0 Å². The fourth-order valence-electron chi connectivity index (χ4n) is 4.51. The van der Waals surface area contributed by atoms with Crippen LogP contribution in [0.2, 0.25) is 0 Å². The first-order valence-electron chi connectivity index (χ1n) is 11.0. The van der Waals surface area contributed by atoms with Crippen LogP contribution in [0.1, 0.15) is 36.5 Å². The van der Waals surface area contributed by atoms with Crippen molar-refractivity contribution in [3.63, 3.8) is 0 Å². The molecule has 170 valence electrons. The number of aryl methyl sites for hydroxylation is 1. The van der Waals surface area contributed by atoms with E-state index < -0.39 is 15.9 Å². The highest BCUT2D eigenvalue weighted by molar-refractivity contribution is 7.89. The summed E-state index contributed by atoms with van der Waals surface area (Å²) in [7, 11) is -1.66. The van der Waals surface area contributed by atoms with Crippen LogP contribution in [0, 0.1) is 0 Å². The Kier molecular flexibility index (Phi) is 5.68. The third-order valence-electron chi connectivity index (χ3n) is 6.33. The second-order valence-corrected chi connectivity index (χ2v) is 11.4. The molecule has 8 heteroatoms. The van der Waals surface area contributed by atoms with Crippen molar-refractivity contribution >= 4 is 48.3 Å². The topological polar surface area (TPSA) is 71.7 Å². The fraction of sp³-hybridized carbons (Fsp3) is 0.280. The lowest BCUT2D eigenvalue weighted by atomic mass is 10.1. The van der Waals surface area contributed by atoms with Gasteiger partial charge < -0.3 is 4.57 Å². The molecule has 0 spiro atoms. The quantitative estimate of drug-likeness (QED) is 0.428. The molecule has 0 aliphatic carbocycles. The predicted octanol–water partition coefficient (Wildman–Crippen LogP) is 4.70. The van der Waals surface area contributed by atoms with Gasteiger partial charge in [0, 0.05) is 30.6 Å². The van der Waals surface area contributed by atoms with Gasteiger partial charge in [-0.3, -0.25) is 4.79 Å². The Morgan fingerprint density at radius 2 is 1.79 bits per heavy atom. The maximum atomic E-state index is 13.0. The number of amides is 1. The van der Waals surface area contributed by atoms with E-state index >= 15 is 0 Å². The van der Waals surface area contributed by atoms with Gasteiger partial charge in [-0.2, -0.15) is 9.30 Å². The Morgan fingerprint density at radius 3 is 2.55 bits per heavy atom. The highest BCUT2D eigenvalue weighted by Gasteiger charge is 2.30. The number of thiazole rings is 1. The summed E-state index contributed by atoms with van der Waals surface area (Å²) in [4.78, 5) is 18.1. The van der Waals surface area contributed by atoms with Gasteiger partial charge in [-0.25, -0.2) is 8.42 Å². The number of benzene rings is 3. The number of sulfonamides is 1. The molecule has 0 radical (unpaired) electrons. The number of carbonyl (C=O) groups excluding carboxylic acids is 1. The number of nitrogens with zero attached hydrogens (tertiary/aromatic N) is 3. The van der Waals surface area contributed by atoms with Gasteiger partial charge in [-0.15, -0.1) is 0 Å². The second kappa shape index (κ2) is 8.52. The summed E-state index contributed by atoms with van der Waals surface area (Å²) in [5.41, 5.74) is 1.41. The fourth-order valence-corrected chi connectivity index (χ4v) is 7.24. The SMILES string of the molecule is CC1CCCCN1S(=O)(=O)c1ccc(C(=O)N=c2sc3ccc4ccccc4c3n2C)cc1. The van der Waals surface area contributed by atoms with Crippen LogP contribution in [0.4, 0.5) is 0 Å². The molecule has 1 fully saturated rings. The number of fused-ring (bicyclic) bond motifs is 3. The normalized spacial score (nSPS) is 18.2. The standard InChI is InChI=1S/C25H25N3O3S2/c1-17-7-5-6-16-28(17)33(30,31)20-13-10-19(11-14-20)24(29)26-25-27(2)23-21-9-4-3-8-18(21)12-15-22(23)32-25/h3-4,8-15,17H,5-7,16H2,1-2H3. The largest absolute Gasteiger partial charge is 0.319 e. The predicted molar refractivity (Wildman–Crippen MR) is 132 cm³/mol. The van der Waals surface area contributed by atoms with E-state index in [1.54, 1.807) is 16.4 Å². The van der Waals surface area contributed by atoms with Crippen molar-refractivity contribution < 1.29 is 13.2 Å². The summed E-state index contributed by atoms with van der Waals surface area (Å²) in [5.74, 6) is -0.392. The Morgan fingerprint density at radius 1 is 1.03 bits per heavy atom. The number of hydrogen-bond acceptors (Lipinski definition) is 4. The highest BCUT2D eigenvalue weighted by atomic mass is 32.2. The van der Waals surface area contributed by atoms with Gasteiger partial charge in [-0.05, 0) is 55.5 Å². The van der Waals surface area contributed by atoms with Gasteiger partial charge in [-0.1, -0.05) is 48.1 Å². The van der Waals surface area contributed by atoms with E-state index in [2.05, 4.69) is 23.2 Å². The van der Waals surface area contributed by atoms with E-state index in [0.29, 0.717) is 16.9 Å². The van der Waals surface area contributed by atoms with Crippen molar-refractivity contribution in [3.8, 4) is 0 Å². The van der Waals surface area contributed by atoms with Crippen molar-refractivity contribution in [1.82, 2.24) is 8.87 Å². The third-order valence-corrected chi connectivity index (χ3v) is 9.46. The minimum atomic E-state index is -3.57. The molecule has 0 bridgehead atoms. The third kappa shape index (κ3) is 3.92. The van der Waals surface area contributed by atoms with Crippen LogP contribution in [-0.2, 0) is 17.1 Å².